The van der Waals surface area contributed by atoms with Gasteiger partial charge in [-0.2, -0.15) is 0 Å². The topological polar surface area (TPSA) is 0 Å². The van der Waals surface area contributed by atoms with Crippen molar-refractivity contribution >= 4 is 97.0 Å². The summed E-state index contributed by atoms with van der Waals surface area (Å²) in [5.41, 5.74) is 15.8. The predicted octanol–water partition coefficient (Wildman–Crippen LogP) is 22.8. The third-order valence-corrected chi connectivity index (χ3v) is 17.8. The van der Waals surface area contributed by atoms with Crippen molar-refractivity contribution in [3.63, 3.8) is 0 Å². The molecule has 0 N–H and O–H groups in total. The third-order valence-electron chi connectivity index (χ3n) is 17.8. The summed E-state index contributed by atoms with van der Waals surface area (Å²) in [4.78, 5) is 0. The molecule has 0 nitrogen and oxygen atoms in total. The van der Waals surface area contributed by atoms with Crippen LogP contribution in [0.4, 0.5) is 0 Å². The van der Waals surface area contributed by atoms with Crippen LogP contribution in [0.5, 0.6) is 0 Å². The molecule has 0 heterocycles. The molecule has 0 radical (unpaired) electrons. The van der Waals surface area contributed by atoms with Gasteiger partial charge in [-0.1, -0.05) is 265 Å². The van der Waals surface area contributed by atoms with Gasteiger partial charge in [-0.3, -0.25) is 0 Å². The summed E-state index contributed by atoms with van der Waals surface area (Å²) in [5, 5.41) is 23.6. The number of rotatable bonds is 4. The van der Waals surface area contributed by atoms with Crippen molar-refractivity contribution in [1.29, 1.82) is 0 Å². The summed E-state index contributed by atoms with van der Waals surface area (Å²) < 4.78 is 0. The van der Waals surface area contributed by atoms with Crippen molar-refractivity contribution in [2.75, 3.05) is 0 Å². The highest BCUT2D eigenvalue weighted by Crippen LogP contribution is 2.56. The summed E-state index contributed by atoms with van der Waals surface area (Å²) in [6.45, 7) is 27.7. The van der Waals surface area contributed by atoms with Crippen LogP contribution in [0.1, 0.15) is 105 Å². The Kier molecular flexibility index (Phi) is 10.4. The molecule has 0 aliphatic rings. The molecule has 0 amide bonds. The van der Waals surface area contributed by atoms with Crippen LogP contribution in [0.3, 0.4) is 0 Å². The maximum Gasteiger partial charge on any atom is -0.000719 e. The van der Waals surface area contributed by atoms with Crippen LogP contribution in [0.2, 0.25) is 0 Å². The Bertz CT molecular complexity index is 4420. The lowest BCUT2D eigenvalue weighted by Gasteiger charge is -2.21. The van der Waals surface area contributed by atoms with Gasteiger partial charge in [0.1, 0.15) is 0 Å². The van der Waals surface area contributed by atoms with Crippen molar-refractivity contribution in [2.24, 2.45) is 0 Å². The standard InChI is InChI=1S/C78H68/c1-75(2,3)49-35-27-45(28-36-49)65-53-19-13-15-21-55(53)67(47-31-39-51(40-32-47)77(7,8)9)73-63-43-61-58-24-18-26-60-70(58)64(44-62(61)57-23-17-25-59(69(57)63)71(65)73)74-68(48-33-41-52(42-34-48)78(10,11)12)56-22-16-14-20-54(56)66(72(60)74)46-29-37-50(38-30-46)76(4,5)6/h13-44H,1-12H3. The van der Waals surface area contributed by atoms with Gasteiger partial charge in [-0.15, -0.1) is 0 Å². The largest absolute Gasteiger partial charge is 0.0616 e. The van der Waals surface area contributed by atoms with Crippen LogP contribution >= 0.6 is 0 Å². The zero-order valence-corrected chi connectivity index (χ0v) is 47.5. The number of fused-ring (bicyclic) bond motifs is 11. The summed E-state index contributed by atoms with van der Waals surface area (Å²) in [7, 11) is 0. The maximum absolute atomic E-state index is 2.60. The van der Waals surface area contributed by atoms with Crippen LogP contribution < -0.4 is 0 Å². The van der Waals surface area contributed by atoms with Gasteiger partial charge in [0.15, 0.2) is 0 Å². The molecule has 0 heteroatoms. The van der Waals surface area contributed by atoms with Gasteiger partial charge in [0.05, 0.1) is 0 Å². The lowest BCUT2D eigenvalue weighted by Crippen LogP contribution is -2.10. The van der Waals surface area contributed by atoms with E-state index in [0.717, 1.165) is 0 Å². The first-order valence-electron chi connectivity index (χ1n) is 28.3. The molecule has 14 rings (SSSR count). The van der Waals surface area contributed by atoms with Crippen molar-refractivity contribution in [3.05, 3.63) is 216 Å². The SMILES string of the molecule is CC(C)(C)c1ccc(-c2c3ccccc3c(-c3ccc(C(C)(C)C)cc3)c3c4cc5c(cc6c7c(-c8ccc(C(C)(C)C)cc8)c8ccccc8c(-c8ccc(C(C)(C)C)cc8)c7c7cccc5c76)c5cccc(c23)c54)cc1. The molecular formula is C78H68. The van der Waals surface area contributed by atoms with E-state index >= 15 is 0 Å². The van der Waals surface area contributed by atoms with E-state index in [-0.39, 0.29) is 21.7 Å². The number of hydrogen-bond acceptors (Lipinski definition) is 0. The van der Waals surface area contributed by atoms with E-state index in [4.69, 9.17) is 0 Å². The molecule has 0 spiro atoms. The lowest BCUT2D eigenvalue weighted by atomic mass is 9.83. The zero-order chi connectivity index (χ0) is 53.9. The van der Waals surface area contributed by atoms with Gasteiger partial charge in [0.2, 0.25) is 0 Å². The average molecular weight is 1010 g/mol. The summed E-state index contributed by atoms with van der Waals surface area (Å²) in [6.07, 6.45) is 0. The maximum atomic E-state index is 2.60. The highest BCUT2D eigenvalue weighted by molar-refractivity contribution is 6.47. The molecule has 14 aromatic rings. The highest BCUT2D eigenvalue weighted by atomic mass is 14.3. The molecule has 0 fully saturated rings. The normalized spacial score (nSPS) is 13.1. The minimum atomic E-state index is 0.0382. The smallest absolute Gasteiger partial charge is 0.000719 e. The molecule has 0 saturated heterocycles. The van der Waals surface area contributed by atoms with Crippen molar-refractivity contribution in [3.8, 4) is 44.5 Å². The van der Waals surface area contributed by atoms with Crippen molar-refractivity contribution in [1.82, 2.24) is 0 Å². The first-order valence-corrected chi connectivity index (χ1v) is 28.3. The summed E-state index contributed by atoms with van der Waals surface area (Å²) >= 11 is 0. The Balaban J connectivity index is 1.17. The Morgan fingerprint density at radius 3 is 0.641 bits per heavy atom. The Morgan fingerprint density at radius 2 is 0.397 bits per heavy atom. The number of benzene rings is 12. The molecule has 0 saturated carbocycles. The Labute approximate surface area is 460 Å². The first kappa shape index (κ1) is 48.3. The van der Waals surface area contributed by atoms with Crippen molar-refractivity contribution in [2.45, 2.75) is 105 Å². The first-order chi connectivity index (χ1) is 37.3. The number of hydrogen-bond donors (Lipinski definition) is 0. The monoisotopic (exact) mass is 1000 g/mol. The Hall–Kier alpha value is -8.06. The van der Waals surface area contributed by atoms with Crippen LogP contribution in [0.25, 0.3) is 141 Å². The van der Waals surface area contributed by atoms with E-state index < -0.39 is 0 Å². The molecule has 0 aromatic heterocycles. The third kappa shape index (κ3) is 7.18. The molecule has 0 aliphatic carbocycles. The average Bonchev–Trinajstić information content (AvgIpc) is 2.60. The fourth-order valence-electron chi connectivity index (χ4n) is 13.7. The molecule has 78 heavy (non-hydrogen) atoms. The minimum Gasteiger partial charge on any atom is -0.0616 e. The van der Waals surface area contributed by atoms with Gasteiger partial charge in [0, 0.05) is 0 Å². The fraction of sp³-hybridized carbons (Fsp3) is 0.205. The van der Waals surface area contributed by atoms with Gasteiger partial charge in [0.25, 0.3) is 0 Å². The lowest BCUT2D eigenvalue weighted by molar-refractivity contribution is 0.590. The molecule has 0 aliphatic heterocycles. The fourth-order valence-corrected chi connectivity index (χ4v) is 13.7. The molecular weight excluding hydrogens is 937 g/mol. The van der Waals surface area contributed by atoms with E-state index in [2.05, 4.69) is 277 Å². The zero-order valence-electron chi connectivity index (χ0n) is 47.5. The van der Waals surface area contributed by atoms with E-state index in [1.165, 1.54) is 164 Å². The van der Waals surface area contributed by atoms with E-state index in [1.54, 1.807) is 0 Å². The van der Waals surface area contributed by atoms with Crippen molar-refractivity contribution < 1.29 is 0 Å². The summed E-state index contributed by atoms with van der Waals surface area (Å²) in [5.74, 6) is 0. The van der Waals surface area contributed by atoms with E-state index in [1.807, 2.05) is 0 Å². The second-order valence-corrected chi connectivity index (χ2v) is 26.8. The van der Waals surface area contributed by atoms with Gasteiger partial charge < -0.3 is 0 Å². The molecule has 380 valence electrons. The molecule has 0 atom stereocenters. The van der Waals surface area contributed by atoms with E-state index in [0.29, 0.717) is 0 Å². The molecule has 0 unspecified atom stereocenters. The highest BCUT2D eigenvalue weighted by Gasteiger charge is 2.29. The van der Waals surface area contributed by atoms with Crippen LogP contribution in [0.15, 0.2) is 194 Å². The van der Waals surface area contributed by atoms with Crippen LogP contribution in [-0.2, 0) is 21.7 Å². The quantitative estimate of drug-likeness (QED) is 0.154. The molecule has 0 bridgehead atoms. The second kappa shape index (κ2) is 16.7. The second-order valence-electron chi connectivity index (χ2n) is 26.8. The van der Waals surface area contributed by atoms with E-state index in [9.17, 15) is 0 Å². The van der Waals surface area contributed by atoms with Gasteiger partial charge in [-0.05, 0) is 198 Å². The Morgan fingerprint density at radius 1 is 0.179 bits per heavy atom. The van der Waals surface area contributed by atoms with Crippen LogP contribution in [-0.4, -0.2) is 0 Å². The minimum absolute atomic E-state index is 0.0382. The predicted molar refractivity (Wildman–Crippen MR) is 343 cm³/mol. The van der Waals surface area contributed by atoms with Gasteiger partial charge >= 0.3 is 0 Å². The van der Waals surface area contributed by atoms with Gasteiger partial charge in [-0.25, -0.2) is 0 Å². The summed E-state index contributed by atoms with van der Waals surface area (Å²) in [6, 6.07) is 75.9. The van der Waals surface area contributed by atoms with Crippen LogP contribution in [0, 0.1) is 0 Å². The molecule has 14 aromatic carbocycles.